The first kappa shape index (κ1) is 23.9. The van der Waals surface area contributed by atoms with E-state index in [-0.39, 0.29) is 6.42 Å². The van der Waals surface area contributed by atoms with Crippen molar-refractivity contribution in [2.75, 3.05) is 6.54 Å². The summed E-state index contributed by atoms with van der Waals surface area (Å²) in [6, 6.07) is 2.80. The van der Waals surface area contributed by atoms with Gasteiger partial charge in [0.1, 0.15) is 33.7 Å². The van der Waals surface area contributed by atoms with Crippen LogP contribution in [0.4, 0.5) is 13.6 Å². The number of carbonyl (C=O) groups is 2. The predicted octanol–water partition coefficient (Wildman–Crippen LogP) is 2.22. The first-order valence-electron chi connectivity index (χ1n) is 9.86. The summed E-state index contributed by atoms with van der Waals surface area (Å²) >= 11 is 0. The average Bonchev–Trinajstić information content (AvgIpc) is 3.29. The van der Waals surface area contributed by atoms with Crippen molar-refractivity contribution in [3.8, 4) is 6.07 Å². The Morgan fingerprint density at radius 1 is 1.28 bits per heavy atom. The second-order valence-electron chi connectivity index (χ2n) is 8.83. The van der Waals surface area contributed by atoms with Crippen molar-refractivity contribution >= 4 is 21.9 Å². The first-order valence-corrected chi connectivity index (χ1v) is 11.4. The zero-order chi connectivity index (χ0) is 23.9. The second-order valence-corrected chi connectivity index (χ2v) is 11.0. The number of hydroxylamine groups is 2. The molecule has 0 spiro atoms. The normalized spacial score (nSPS) is 22.6. The third kappa shape index (κ3) is 5.16. The van der Waals surface area contributed by atoms with Crippen molar-refractivity contribution in [3.05, 3.63) is 29.8 Å². The minimum absolute atomic E-state index is 0.338. The van der Waals surface area contributed by atoms with E-state index in [1.165, 1.54) is 0 Å². The fourth-order valence-corrected chi connectivity index (χ4v) is 5.02. The van der Waals surface area contributed by atoms with Gasteiger partial charge in [0.05, 0.1) is 17.9 Å². The maximum Gasteiger partial charge on any atom is 0.528 e. The van der Waals surface area contributed by atoms with Crippen LogP contribution in [0.25, 0.3) is 0 Å². The number of hydrogen-bond acceptors (Lipinski definition) is 8. The van der Waals surface area contributed by atoms with E-state index in [0.29, 0.717) is 18.9 Å². The Bertz CT molecular complexity index is 1080. The van der Waals surface area contributed by atoms with Gasteiger partial charge in [-0.25, -0.2) is 22.0 Å². The lowest BCUT2D eigenvalue weighted by Gasteiger charge is -2.25. The predicted molar refractivity (Wildman–Crippen MR) is 105 cm³/mol. The molecule has 0 bridgehead atoms. The molecule has 1 aliphatic carbocycles. The fraction of sp³-hybridized carbons (Fsp3) is 0.550. The highest BCUT2D eigenvalue weighted by atomic mass is 32.2. The monoisotopic (exact) mass is 471 g/mol. The van der Waals surface area contributed by atoms with Gasteiger partial charge in [-0.2, -0.15) is 5.26 Å². The Morgan fingerprint density at radius 2 is 1.94 bits per heavy atom. The van der Waals surface area contributed by atoms with Crippen molar-refractivity contribution in [1.29, 1.82) is 5.26 Å². The number of sulfone groups is 1. The molecule has 2 aliphatic rings. The molecular weight excluding hydrogens is 448 g/mol. The van der Waals surface area contributed by atoms with Gasteiger partial charge in [-0.1, -0.05) is 0 Å². The van der Waals surface area contributed by atoms with Gasteiger partial charge in [-0.05, 0) is 52.2 Å². The molecule has 1 aliphatic heterocycles. The molecule has 1 heterocycles. The standard InChI is InChI=1S/C20H23F2N3O6S/c1-19(2,3)30-18(27)31-25-10-13(9-15(25)17(26)24-20(11-23)6-7-20)32(28,29)16-5-4-12(21)8-14(16)22/h4-5,8,13,15H,6-7,9-10H2,1-3H3,(H,24,26)/t13-,15+/m1/s1. The zero-order valence-electron chi connectivity index (χ0n) is 17.7. The number of nitriles is 1. The number of ether oxygens (including phenoxy) is 1. The largest absolute Gasteiger partial charge is 0.528 e. The van der Waals surface area contributed by atoms with Gasteiger partial charge >= 0.3 is 6.16 Å². The van der Waals surface area contributed by atoms with E-state index in [9.17, 15) is 32.0 Å². The van der Waals surface area contributed by atoms with Gasteiger partial charge in [0.25, 0.3) is 0 Å². The topological polar surface area (TPSA) is 126 Å². The van der Waals surface area contributed by atoms with Crippen molar-refractivity contribution in [3.63, 3.8) is 0 Å². The van der Waals surface area contributed by atoms with Crippen LogP contribution in [0, 0.1) is 23.0 Å². The molecule has 0 unspecified atom stereocenters. The first-order chi connectivity index (χ1) is 14.8. The molecule has 1 N–H and O–H groups in total. The Hall–Kier alpha value is -2.78. The quantitative estimate of drug-likeness (QED) is 0.512. The van der Waals surface area contributed by atoms with E-state index < -0.39 is 67.4 Å². The van der Waals surface area contributed by atoms with Gasteiger partial charge in [0.2, 0.25) is 5.91 Å². The highest BCUT2D eigenvalue weighted by Gasteiger charge is 2.51. The molecule has 1 amide bonds. The molecule has 1 aromatic rings. The van der Waals surface area contributed by atoms with Gasteiger partial charge in [0, 0.05) is 6.07 Å². The molecular formula is C20H23F2N3O6S. The number of hydrogen-bond donors (Lipinski definition) is 1. The smallest absolute Gasteiger partial charge is 0.427 e. The maximum atomic E-state index is 14.2. The molecule has 12 heteroatoms. The molecule has 2 fully saturated rings. The molecule has 32 heavy (non-hydrogen) atoms. The van der Waals surface area contributed by atoms with E-state index in [1.807, 2.05) is 6.07 Å². The van der Waals surface area contributed by atoms with E-state index in [0.717, 1.165) is 17.2 Å². The molecule has 1 aromatic carbocycles. The molecule has 3 rings (SSSR count). The number of nitrogens with one attached hydrogen (secondary N) is 1. The lowest BCUT2D eigenvalue weighted by molar-refractivity contribution is -0.162. The van der Waals surface area contributed by atoms with Gasteiger partial charge in [-0.15, -0.1) is 5.06 Å². The molecule has 9 nitrogen and oxygen atoms in total. The fourth-order valence-electron chi connectivity index (χ4n) is 3.29. The lowest BCUT2D eigenvalue weighted by Crippen LogP contribution is -2.48. The Kier molecular flexibility index (Phi) is 6.19. The minimum atomic E-state index is -4.35. The number of benzene rings is 1. The van der Waals surface area contributed by atoms with Crippen molar-refractivity contribution in [1.82, 2.24) is 10.4 Å². The van der Waals surface area contributed by atoms with E-state index in [4.69, 9.17) is 9.57 Å². The molecule has 2 atom stereocenters. The number of halogens is 2. The lowest BCUT2D eigenvalue weighted by atomic mass is 10.2. The van der Waals surface area contributed by atoms with Gasteiger partial charge in [-0.3, -0.25) is 4.79 Å². The Morgan fingerprint density at radius 3 is 2.47 bits per heavy atom. The highest BCUT2D eigenvalue weighted by molar-refractivity contribution is 7.92. The Balaban J connectivity index is 1.85. The summed E-state index contributed by atoms with van der Waals surface area (Å²) in [4.78, 5) is 29.3. The number of rotatable bonds is 5. The van der Waals surface area contributed by atoms with Crippen molar-refractivity contribution in [2.24, 2.45) is 0 Å². The van der Waals surface area contributed by atoms with Crippen LogP contribution < -0.4 is 5.32 Å². The maximum absolute atomic E-state index is 14.2. The van der Waals surface area contributed by atoms with Crippen LogP contribution in [0.5, 0.6) is 0 Å². The van der Waals surface area contributed by atoms with E-state index in [1.54, 1.807) is 20.8 Å². The molecule has 174 valence electrons. The average molecular weight is 471 g/mol. The van der Waals surface area contributed by atoms with E-state index >= 15 is 0 Å². The number of amides is 1. The number of carbonyl (C=O) groups excluding carboxylic acids is 2. The molecule has 0 aromatic heterocycles. The van der Waals surface area contributed by atoms with Crippen molar-refractivity contribution < 1.29 is 36.4 Å². The summed E-state index contributed by atoms with van der Waals surface area (Å²) in [6.45, 7) is 4.33. The summed E-state index contributed by atoms with van der Waals surface area (Å²) in [6.07, 6.45) is -0.605. The molecule has 1 saturated heterocycles. The third-order valence-corrected chi connectivity index (χ3v) is 7.23. The van der Waals surface area contributed by atoms with Crippen LogP contribution in [0.15, 0.2) is 23.1 Å². The summed E-state index contributed by atoms with van der Waals surface area (Å²) in [5.41, 5.74) is -1.94. The Labute approximate surface area is 184 Å². The minimum Gasteiger partial charge on any atom is -0.427 e. The van der Waals surface area contributed by atoms with Crippen LogP contribution >= 0.6 is 0 Å². The zero-order valence-corrected chi connectivity index (χ0v) is 18.5. The summed E-state index contributed by atoms with van der Waals surface area (Å²) < 4.78 is 58.5. The SMILES string of the molecule is CC(C)(C)OC(=O)ON1C[C@H](S(=O)(=O)c2ccc(F)cc2F)C[C@H]1C(=O)NC1(C#N)CC1. The van der Waals surface area contributed by atoms with Gasteiger partial charge < -0.3 is 14.9 Å². The third-order valence-electron chi connectivity index (χ3n) is 5.07. The molecule has 1 saturated carbocycles. The highest BCUT2D eigenvalue weighted by Crippen LogP contribution is 2.36. The summed E-state index contributed by atoms with van der Waals surface area (Å²) in [5, 5.41) is 11.3. The van der Waals surface area contributed by atoms with Crippen LogP contribution in [-0.2, 0) is 24.2 Å². The second kappa shape index (κ2) is 8.29. The van der Waals surface area contributed by atoms with Gasteiger partial charge in [0.15, 0.2) is 9.84 Å². The molecule has 0 radical (unpaired) electrons. The van der Waals surface area contributed by atoms with Crippen LogP contribution in [0.2, 0.25) is 0 Å². The van der Waals surface area contributed by atoms with Crippen LogP contribution in [0.3, 0.4) is 0 Å². The van der Waals surface area contributed by atoms with Crippen LogP contribution in [0.1, 0.15) is 40.0 Å². The van der Waals surface area contributed by atoms with E-state index in [2.05, 4.69) is 5.32 Å². The number of nitrogens with zero attached hydrogens (tertiary/aromatic N) is 2. The summed E-state index contributed by atoms with van der Waals surface area (Å²) in [5.74, 6) is -2.91. The summed E-state index contributed by atoms with van der Waals surface area (Å²) in [7, 11) is -4.35. The van der Waals surface area contributed by atoms with Crippen molar-refractivity contribution in [2.45, 2.75) is 67.4 Å². The van der Waals surface area contributed by atoms with Crippen LogP contribution in [-0.4, -0.2) is 54.5 Å².